The molecule has 18 heavy (non-hydrogen) atoms. The molecule has 5 heteroatoms. The van der Waals surface area contributed by atoms with Crippen molar-refractivity contribution in [2.24, 2.45) is 0 Å². The summed E-state index contributed by atoms with van der Waals surface area (Å²) in [6.45, 7) is 0. The maximum Gasteiger partial charge on any atom is 0.300 e. The van der Waals surface area contributed by atoms with Gasteiger partial charge < -0.3 is 19.9 Å². The minimum atomic E-state index is 0.145. The zero-order valence-corrected chi connectivity index (χ0v) is 9.29. The van der Waals surface area contributed by atoms with Crippen LogP contribution in [0, 0.1) is 0 Å². The quantitative estimate of drug-likeness (QED) is 0.602. The molecule has 1 heterocycles. The average molecular weight is 242 g/mol. The molecule has 0 spiro atoms. The van der Waals surface area contributed by atoms with Crippen LogP contribution in [0.15, 0.2) is 46.9 Å². The molecule has 0 aliphatic rings. The third kappa shape index (κ3) is 1.93. The maximum absolute atomic E-state index is 9.33. The summed E-state index contributed by atoms with van der Waals surface area (Å²) in [4.78, 5) is 4.19. The van der Waals surface area contributed by atoms with Gasteiger partial charge in [-0.2, -0.15) is 4.98 Å². The first-order chi connectivity index (χ1) is 8.70. The predicted octanol–water partition coefficient (Wildman–Crippen LogP) is 2.98. The Hall–Kier alpha value is -2.69. The summed E-state index contributed by atoms with van der Waals surface area (Å²) in [6, 6.07) is 11.6. The summed E-state index contributed by atoms with van der Waals surface area (Å²) in [5.74, 6) is 0.343. The van der Waals surface area contributed by atoms with Gasteiger partial charge in [-0.05, 0) is 36.4 Å². The van der Waals surface area contributed by atoms with Crippen molar-refractivity contribution in [2.75, 3.05) is 5.32 Å². The number of aromatic hydroxyl groups is 2. The van der Waals surface area contributed by atoms with Crippen LogP contribution in [0.4, 0.5) is 11.7 Å². The molecule has 0 atom stereocenters. The lowest BCUT2D eigenvalue weighted by Crippen LogP contribution is -1.88. The zero-order chi connectivity index (χ0) is 12.5. The predicted molar refractivity (Wildman–Crippen MR) is 67.1 cm³/mol. The van der Waals surface area contributed by atoms with Gasteiger partial charge in [-0.15, -0.1) is 0 Å². The number of oxazole rings is 1. The molecule has 0 saturated carbocycles. The largest absolute Gasteiger partial charge is 0.508 e. The van der Waals surface area contributed by atoms with Crippen LogP contribution in [0.25, 0.3) is 11.1 Å². The molecule has 0 unspecified atom stereocenters. The Bertz CT molecular complexity index is 689. The van der Waals surface area contributed by atoms with Gasteiger partial charge >= 0.3 is 0 Å². The number of phenols is 2. The highest BCUT2D eigenvalue weighted by Crippen LogP contribution is 2.25. The van der Waals surface area contributed by atoms with Gasteiger partial charge in [0.05, 0.1) is 0 Å². The average Bonchev–Trinajstić information content (AvgIpc) is 2.73. The Labute approximate surface area is 102 Å². The lowest BCUT2D eigenvalue weighted by Gasteiger charge is -2.00. The van der Waals surface area contributed by atoms with Crippen LogP contribution in [0.5, 0.6) is 11.5 Å². The Morgan fingerprint density at radius 3 is 2.44 bits per heavy atom. The van der Waals surface area contributed by atoms with Gasteiger partial charge in [0.1, 0.15) is 17.0 Å². The number of rotatable bonds is 2. The highest BCUT2D eigenvalue weighted by Gasteiger charge is 2.06. The summed E-state index contributed by atoms with van der Waals surface area (Å²) in [6.07, 6.45) is 0. The number of benzene rings is 2. The topological polar surface area (TPSA) is 78.5 Å². The van der Waals surface area contributed by atoms with E-state index in [1.54, 1.807) is 30.3 Å². The number of hydrogen-bond acceptors (Lipinski definition) is 5. The lowest BCUT2D eigenvalue weighted by atomic mass is 10.3. The number of aromatic nitrogens is 1. The standard InChI is InChI=1S/C13H10N2O3/c16-9-3-1-8(2-4-9)14-13-15-11-7-10(17)5-6-12(11)18-13/h1-7,16-17H,(H,14,15). The molecule has 0 aliphatic heterocycles. The van der Waals surface area contributed by atoms with E-state index in [4.69, 9.17) is 4.42 Å². The molecule has 0 radical (unpaired) electrons. The van der Waals surface area contributed by atoms with Crippen LogP contribution in [0.3, 0.4) is 0 Å². The van der Waals surface area contributed by atoms with Gasteiger partial charge in [0.2, 0.25) is 0 Å². The van der Waals surface area contributed by atoms with E-state index in [1.807, 2.05) is 0 Å². The number of nitrogens with zero attached hydrogens (tertiary/aromatic N) is 1. The van der Waals surface area contributed by atoms with Crippen LogP contribution in [0.2, 0.25) is 0 Å². The molecule has 3 N–H and O–H groups in total. The van der Waals surface area contributed by atoms with Gasteiger partial charge in [0, 0.05) is 11.8 Å². The van der Waals surface area contributed by atoms with E-state index in [2.05, 4.69) is 10.3 Å². The minimum absolute atomic E-state index is 0.145. The minimum Gasteiger partial charge on any atom is -0.508 e. The van der Waals surface area contributed by atoms with E-state index in [0.29, 0.717) is 17.1 Å². The highest BCUT2D eigenvalue weighted by molar-refractivity contribution is 5.76. The summed E-state index contributed by atoms with van der Waals surface area (Å²) >= 11 is 0. The Morgan fingerprint density at radius 1 is 0.944 bits per heavy atom. The Balaban J connectivity index is 1.92. The van der Waals surface area contributed by atoms with E-state index >= 15 is 0 Å². The van der Waals surface area contributed by atoms with E-state index in [1.165, 1.54) is 12.1 Å². The molecule has 0 amide bonds. The molecule has 2 aromatic carbocycles. The lowest BCUT2D eigenvalue weighted by molar-refractivity contribution is 0.475. The number of nitrogens with one attached hydrogen (secondary N) is 1. The molecule has 0 fully saturated rings. The monoisotopic (exact) mass is 242 g/mol. The second-order valence-corrected chi connectivity index (χ2v) is 3.84. The fourth-order valence-corrected chi connectivity index (χ4v) is 1.64. The van der Waals surface area contributed by atoms with Crippen LogP contribution in [-0.4, -0.2) is 15.2 Å². The van der Waals surface area contributed by atoms with Gasteiger partial charge in [-0.25, -0.2) is 0 Å². The van der Waals surface area contributed by atoms with Crippen molar-refractivity contribution in [3.63, 3.8) is 0 Å². The van der Waals surface area contributed by atoms with Gasteiger partial charge in [0.25, 0.3) is 6.01 Å². The van der Waals surface area contributed by atoms with Crippen LogP contribution >= 0.6 is 0 Å². The zero-order valence-electron chi connectivity index (χ0n) is 9.29. The van der Waals surface area contributed by atoms with E-state index in [9.17, 15) is 10.2 Å². The fourth-order valence-electron chi connectivity index (χ4n) is 1.64. The van der Waals surface area contributed by atoms with Gasteiger partial charge in [-0.3, -0.25) is 0 Å². The van der Waals surface area contributed by atoms with Crippen molar-refractivity contribution in [3.8, 4) is 11.5 Å². The third-order valence-electron chi connectivity index (χ3n) is 2.49. The van der Waals surface area contributed by atoms with Crippen molar-refractivity contribution in [2.45, 2.75) is 0 Å². The summed E-state index contributed by atoms with van der Waals surface area (Å²) < 4.78 is 5.46. The second-order valence-electron chi connectivity index (χ2n) is 3.84. The Kier molecular flexibility index (Phi) is 2.30. The van der Waals surface area contributed by atoms with E-state index < -0.39 is 0 Å². The fraction of sp³-hybridized carbons (Fsp3) is 0. The van der Waals surface area contributed by atoms with E-state index in [-0.39, 0.29) is 11.5 Å². The molecule has 0 bridgehead atoms. The smallest absolute Gasteiger partial charge is 0.300 e. The molecule has 0 aliphatic carbocycles. The third-order valence-corrected chi connectivity index (χ3v) is 2.49. The van der Waals surface area contributed by atoms with Crippen molar-refractivity contribution >= 4 is 22.8 Å². The van der Waals surface area contributed by atoms with Crippen molar-refractivity contribution in [1.29, 1.82) is 0 Å². The van der Waals surface area contributed by atoms with E-state index in [0.717, 1.165) is 5.69 Å². The van der Waals surface area contributed by atoms with Crippen molar-refractivity contribution in [3.05, 3.63) is 42.5 Å². The molecule has 3 rings (SSSR count). The molecule has 5 nitrogen and oxygen atoms in total. The Morgan fingerprint density at radius 2 is 1.67 bits per heavy atom. The molecular weight excluding hydrogens is 232 g/mol. The van der Waals surface area contributed by atoms with Crippen LogP contribution in [-0.2, 0) is 0 Å². The SMILES string of the molecule is Oc1ccc(Nc2nc3cc(O)ccc3o2)cc1. The van der Waals surface area contributed by atoms with Crippen molar-refractivity contribution < 1.29 is 14.6 Å². The highest BCUT2D eigenvalue weighted by atomic mass is 16.4. The maximum atomic E-state index is 9.33. The summed E-state index contributed by atoms with van der Waals surface area (Å²) in [7, 11) is 0. The number of fused-ring (bicyclic) bond motifs is 1. The summed E-state index contributed by atoms with van der Waals surface area (Å²) in [5, 5.41) is 21.5. The van der Waals surface area contributed by atoms with Crippen LogP contribution in [0.1, 0.15) is 0 Å². The number of anilines is 2. The van der Waals surface area contributed by atoms with Crippen molar-refractivity contribution in [1.82, 2.24) is 4.98 Å². The van der Waals surface area contributed by atoms with Crippen LogP contribution < -0.4 is 5.32 Å². The van der Waals surface area contributed by atoms with Gasteiger partial charge in [-0.1, -0.05) is 0 Å². The first kappa shape index (κ1) is 10.5. The molecule has 1 aromatic heterocycles. The summed E-state index contributed by atoms with van der Waals surface area (Å²) in [5.41, 5.74) is 1.92. The number of phenolic OH excluding ortho intramolecular Hbond substituents is 2. The van der Waals surface area contributed by atoms with Gasteiger partial charge in [0.15, 0.2) is 5.58 Å². The normalized spacial score (nSPS) is 10.7. The number of hydrogen-bond donors (Lipinski definition) is 3. The molecule has 0 saturated heterocycles. The molecule has 3 aromatic rings. The molecular formula is C13H10N2O3. The molecule has 90 valence electrons. The second kappa shape index (κ2) is 3.96. The first-order valence-corrected chi connectivity index (χ1v) is 5.36. The first-order valence-electron chi connectivity index (χ1n) is 5.36.